The lowest BCUT2D eigenvalue weighted by Crippen LogP contribution is -2.02. The molecule has 0 amide bonds. The van der Waals surface area contributed by atoms with Crippen molar-refractivity contribution in [3.63, 3.8) is 0 Å². The average Bonchev–Trinajstić information content (AvgIpc) is 2.29. The molecule has 0 unspecified atom stereocenters. The van der Waals surface area contributed by atoms with Crippen molar-refractivity contribution in [1.29, 1.82) is 5.26 Å². The number of carboxylic acids is 1. The predicted octanol–water partition coefficient (Wildman–Crippen LogP) is 2.22. The zero-order valence-electron chi connectivity index (χ0n) is 8.66. The summed E-state index contributed by atoms with van der Waals surface area (Å²) >= 11 is 0. The molecule has 1 aromatic carbocycles. The highest BCUT2D eigenvalue weighted by Gasteiger charge is 2.19. The molecule has 86 valence electrons. The Balaban J connectivity index is 3.15. The van der Waals surface area contributed by atoms with E-state index >= 15 is 0 Å². The van der Waals surface area contributed by atoms with E-state index < -0.39 is 16.6 Å². The van der Waals surface area contributed by atoms with E-state index in [1.807, 2.05) is 6.07 Å². The number of carbonyl (C=O) groups is 1. The normalized spacial score (nSPS) is 10.1. The molecule has 6 nitrogen and oxygen atoms in total. The number of aromatic carboxylic acids is 1. The van der Waals surface area contributed by atoms with Crippen LogP contribution in [0.15, 0.2) is 24.3 Å². The molecule has 0 saturated heterocycles. The fourth-order valence-electron chi connectivity index (χ4n) is 1.24. The van der Waals surface area contributed by atoms with Gasteiger partial charge in [-0.1, -0.05) is 12.2 Å². The minimum absolute atomic E-state index is 0.194. The standard InChI is InChI=1S/C11H8N2O4/c12-6-2-1-3-8-4-5-10(13(16)17)9(7-8)11(14)15/h1,3-5,7H,2H2,(H,14,15). The van der Waals surface area contributed by atoms with E-state index in [2.05, 4.69) is 0 Å². The van der Waals surface area contributed by atoms with Crippen LogP contribution in [0.2, 0.25) is 0 Å². The summed E-state index contributed by atoms with van der Waals surface area (Å²) in [6, 6.07) is 5.66. The molecule has 0 radical (unpaired) electrons. The highest BCUT2D eigenvalue weighted by molar-refractivity contribution is 5.93. The van der Waals surface area contributed by atoms with Crippen molar-refractivity contribution in [2.75, 3.05) is 0 Å². The first-order chi connectivity index (χ1) is 8.06. The SMILES string of the molecule is N#CCC=Cc1ccc([N+](=O)[O-])c(C(=O)O)c1. The molecular weight excluding hydrogens is 224 g/mol. The fraction of sp³-hybridized carbons (Fsp3) is 0.0909. The van der Waals surface area contributed by atoms with Gasteiger partial charge < -0.3 is 5.11 Å². The van der Waals surface area contributed by atoms with Crippen LogP contribution < -0.4 is 0 Å². The third-order valence-electron chi connectivity index (χ3n) is 1.97. The summed E-state index contributed by atoms with van der Waals surface area (Å²) in [5.41, 5.74) is -0.313. The molecule has 0 aliphatic rings. The van der Waals surface area contributed by atoms with Gasteiger partial charge in [-0.25, -0.2) is 4.79 Å². The Kier molecular flexibility index (Phi) is 3.95. The number of carboxylic acid groups (broad SMARTS) is 1. The zero-order valence-corrected chi connectivity index (χ0v) is 8.66. The molecule has 1 N–H and O–H groups in total. The molecule has 0 aliphatic heterocycles. The van der Waals surface area contributed by atoms with Crippen molar-refractivity contribution in [1.82, 2.24) is 0 Å². The first-order valence-electron chi connectivity index (χ1n) is 4.61. The Morgan fingerprint density at radius 2 is 2.29 bits per heavy atom. The molecule has 1 rings (SSSR count). The van der Waals surface area contributed by atoms with Crippen LogP contribution in [-0.4, -0.2) is 16.0 Å². The Hall–Kier alpha value is -2.68. The van der Waals surface area contributed by atoms with Gasteiger partial charge in [0.1, 0.15) is 5.56 Å². The van der Waals surface area contributed by atoms with E-state index in [9.17, 15) is 14.9 Å². The molecule has 0 spiro atoms. The van der Waals surface area contributed by atoms with Gasteiger partial charge in [-0.15, -0.1) is 0 Å². The van der Waals surface area contributed by atoms with Crippen molar-refractivity contribution in [2.45, 2.75) is 6.42 Å². The number of rotatable bonds is 4. The number of nitro benzene ring substituents is 1. The number of hydrogen-bond acceptors (Lipinski definition) is 4. The number of nitriles is 1. The Morgan fingerprint density at radius 1 is 1.59 bits per heavy atom. The first kappa shape index (κ1) is 12.4. The van der Waals surface area contributed by atoms with Gasteiger partial charge in [-0.05, 0) is 17.7 Å². The second-order valence-corrected chi connectivity index (χ2v) is 3.10. The second kappa shape index (κ2) is 5.42. The third kappa shape index (κ3) is 3.14. The van der Waals surface area contributed by atoms with Gasteiger partial charge in [0.25, 0.3) is 5.69 Å². The molecule has 0 bridgehead atoms. The van der Waals surface area contributed by atoms with Crippen LogP contribution in [0.4, 0.5) is 5.69 Å². The molecule has 6 heteroatoms. The summed E-state index contributed by atoms with van der Waals surface area (Å²) in [4.78, 5) is 20.7. The van der Waals surface area contributed by atoms with Gasteiger partial charge >= 0.3 is 5.97 Å². The number of nitrogens with zero attached hydrogens (tertiary/aromatic N) is 2. The summed E-state index contributed by atoms with van der Waals surface area (Å²) in [6.07, 6.45) is 3.28. The molecule has 17 heavy (non-hydrogen) atoms. The van der Waals surface area contributed by atoms with Gasteiger partial charge in [0.05, 0.1) is 17.4 Å². The predicted molar refractivity (Wildman–Crippen MR) is 59.3 cm³/mol. The number of benzene rings is 1. The van der Waals surface area contributed by atoms with E-state index in [1.54, 1.807) is 12.2 Å². The highest BCUT2D eigenvalue weighted by Crippen LogP contribution is 2.20. The maximum Gasteiger partial charge on any atom is 0.342 e. The zero-order chi connectivity index (χ0) is 12.8. The number of hydrogen-bond donors (Lipinski definition) is 1. The minimum atomic E-state index is -1.35. The second-order valence-electron chi connectivity index (χ2n) is 3.10. The van der Waals surface area contributed by atoms with Crippen LogP contribution in [0.3, 0.4) is 0 Å². The van der Waals surface area contributed by atoms with Gasteiger partial charge in [0.15, 0.2) is 0 Å². The van der Waals surface area contributed by atoms with Gasteiger partial charge in [0.2, 0.25) is 0 Å². The van der Waals surface area contributed by atoms with Crippen LogP contribution in [0.5, 0.6) is 0 Å². The lowest BCUT2D eigenvalue weighted by atomic mass is 10.1. The van der Waals surface area contributed by atoms with Crippen LogP contribution in [0, 0.1) is 21.4 Å². The smallest absolute Gasteiger partial charge is 0.342 e. The van der Waals surface area contributed by atoms with Gasteiger partial charge in [0, 0.05) is 6.07 Å². The first-order valence-corrected chi connectivity index (χ1v) is 4.61. The van der Waals surface area contributed by atoms with Gasteiger partial charge in [-0.3, -0.25) is 10.1 Å². The molecule has 1 aromatic rings. The molecule has 0 heterocycles. The number of nitro groups is 1. The van der Waals surface area contributed by atoms with Crippen molar-refractivity contribution >= 4 is 17.7 Å². The quantitative estimate of drug-likeness (QED) is 0.633. The van der Waals surface area contributed by atoms with E-state index in [0.29, 0.717) is 5.56 Å². The van der Waals surface area contributed by atoms with Crippen molar-refractivity contribution < 1.29 is 14.8 Å². The summed E-state index contributed by atoms with van der Waals surface area (Å²) in [5.74, 6) is -1.35. The van der Waals surface area contributed by atoms with Crippen LogP contribution in [0.1, 0.15) is 22.3 Å². The Bertz CT molecular complexity index is 529. The molecule has 0 fully saturated rings. The third-order valence-corrected chi connectivity index (χ3v) is 1.97. The van der Waals surface area contributed by atoms with Crippen LogP contribution in [0.25, 0.3) is 6.08 Å². The van der Waals surface area contributed by atoms with Crippen LogP contribution >= 0.6 is 0 Å². The lowest BCUT2D eigenvalue weighted by molar-refractivity contribution is -0.385. The molecule has 0 aliphatic carbocycles. The maximum atomic E-state index is 10.8. The fourth-order valence-corrected chi connectivity index (χ4v) is 1.24. The van der Waals surface area contributed by atoms with Crippen molar-refractivity contribution in [2.24, 2.45) is 0 Å². The van der Waals surface area contributed by atoms with Crippen LogP contribution in [-0.2, 0) is 0 Å². The van der Waals surface area contributed by atoms with E-state index in [1.165, 1.54) is 12.1 Å². The summed E-state index contributed by atoms with van der Waals surface area (Å²) in [5, 5.41) is 27.7. The average molecular weight is 232 g/mol. The van der Waals surface area contributed by atoms with E-state index in [0.717, 1.165) is 6.07 Å². The van der Waals surface area contributed by atoms with Gasteiger partial charge in [-0.2, -0.15) is 5.26 Å². The summed E-state index contributed by atoms with van der Waals surface area (Å²) in [6.45, 7) is 0. The Labute approximate surface area is 96.6 Å². The minimum Gasteiger partial charge on any atom is -0.477 e. The maximum absolute atomic E-state index is 10.8. The monoisotopic (exact) mass is 232 g/mol. The summed E-state index contributed by atoms with van der Waals surface area (Å²) < 4.78 is 0. The summed E-state index contributed by atoms with van der Waals surface area (Å²) in [7, 11) is 0. The molecule has 0 saturated carbocycles. The topological polar surface area (TPSA) is 104 Å². The van der Waals surface area contributed by atoms with Crippen molar-refractivity contribution in [3.8, 4) is 6.07 Å². The van der Waals surface area contributed by atoms with E-state index in [-0.39, 0.29) is 12.0 Å². The Morgan fingerprint density at radius 3 is 2.82 bits per heavy atom. The lowest BCUT2D eigenvalue weighted by Gasteiger charge is -1.99. The van der Waals surface area contributed by atoms with E-state index in [4.69, 9.17) is 10.4 Å². The molecule has 0 atom stereocenters. The number of allylic oxidation sites excluding steroid dienone is 1. The molecule has 0 aromatic heterocycles. The van der Waals surface area contributed by atoms with Crippen molar-refractivity contribution in [3.05, 3.63) is 45.5 Å². The largest absolute Gasteiger partial charge is 0.477 e. The molecular formula is C11H8N2O4. The highest BCUT2D eigenvalue weighted by atomic mass is 16.6.